The van der Waals surface area contributed by atoms with Gasteiger partial charge < -0.3 is 33.2 Å². The molecule has 0 saturated heterocycles. The normalized spacial score (nSPS) is 14.1. The van der Waals surface area contributed by atoms with Crippen molar-refractivity contribution in [1.82, 2.24) is 0 Å². The third-order valence-corrected chi connectivity index (χ3v) is 3.23. The van der Waals surface area contributed by atoms with Crippen LogP contribution in [0.25, 0.3) is 0 Å². The summed E-state index contributed by atoms with van der Waals surface area (Å²) in [5.74, 6) is 0.540. The first-order chi connectivity index (χ1) is 12.6. The van der Waals surface area contributed by atoms with E-state index in [1.54, 1.807) is 7.11 Å². The van der Waals surface area contributed by atoms with Crippen LogP contribution in [0.4, 0.5) is 0 Å². The van der Waals surface area contributed by atoms with Crippen molar-refractivity contribution in [2.45, 2.75) is 39.9 Å². The van der Waals surface area contributed by atoms with E-state index in [0.29, 0.717) is 72.0 Å². The maximum Gasteiger partial charge on any atom is 0.0781 e. The summed E-state index contributed by atoms with van der Waals surface area (Å²) < 4.78 is 37.9. The van der Waals surface area contributed by atoms with Gasteiger partial charge in [-0.3, -0.25) is 0 Å². The molecule has 7 heteroatoms. The molecule has 0 rings (SSSR count). The first-order valence-electron chi connectivity index (χ1n) is 9.59. The average Bonchev–Trinajstić information content (AvgIpc) is 2.62. The molecule has 0 saturated carbocycles. The highest BCUT2D eigenvalue weighted by atomic mass is 16.6. The van der Waals surface area contributed by atoms with Crippen molar-refractivity contribution in [2.75, 3.05) is 79.8 Å². The molecular formula is C19H40O7. The summed E-state index contributed by atoms with van der Waals surface area (Å²) in [5, 5.41) is 0. The molecule has 158 valence electrons. The molecule has 2 atom stereocenters. The van der Waals surface area contributed by atoms with E-state index in [-0.39, 0.29) is 12.2 Å². The van der Waals surface area contributed by atoms with Gasteiger partial charge in [-0.05, 0) is 19.8 Å². The van der Waals surface area contributed by atoms with E-state index >= 15 is 0 Å². The Balaban J connectivity index is 3.24. The Morgan fingerprint density at radius 3 is 1.42 bits per heavy atom. The third-order valence-electron chi connectivity index (χ3n) is 3.23. The van der Waals surface area contributed by atoms with Crippen LogP contribution in [-0.2, 0) is 33.2 Å². The lowest BCUT2D eigenvalue weighted by molar-refractivity contribution is -0.0674. The standard InChI is InChI=1S/C19H40O7/c1-17(2)14-25-19(4)16-26-18(3)15-24-13-12-23-11-10-22-9-8-21-7-6-20-5/h17-19H,6-16H2,1-5H3. The van der Waals surface area contributed by atoms with Crippen LogP contribution in [0.3, 0.4) is 0 Å². The molecule has 0 N–H and O–H groups in total. The van der Waals surface area contributed by atoms with Crippen molar-refractivity contribution in [3.05, 3.63) is 0 Å². The van der Waals surface area contributed by atoms with Gasteiger partial charge in [0, 0.05) is 13.7 Å². The Morgan fingerprint density at radius 2 is 0.923 bits per heavy atom. The van der Waals surface area contributed by atoms with Crippen molar-refractivity contribution in [1.29, 1.82) is 0 Å². The summed E-state index contributed by atoms with van der Waals surface area (Å²) in [6, 6.07) is 0. The van der Waals surface area contributed by atoms with Gasteiger partial charge in [0.2, 0.25) is 0 Å². The molecule has 0 aliphatic carbocycles. The Hall–Kier alpha value is -0.280. The van der Waals surface area contributed by atoms with Crippen molar-refractivity contribution >= 4 is 0 Å². The number of ether oxygens (including phenoxy) is 7. The minimum Gasteiger partial charge on any atom is -0.382 e. The maximum absolute atomic E-state index is 5.71. The molecule has 0 heterocycles. The fourth-order valence-corrected chi connectivity index (χ4v) is 1.80. The zero-order chi connectivity index (χ0) is 19.5. The van der Waals surface area contributed by atoms with E-state index < -0.39 is 0 Å². The number of methoxy groups -OCH3 is 1. The lowest BCUT2D eigenvalue weighted by Crippen LogP contribution is -2.25. The minimum absolute atomic E-state index is 0.0431. The van der Waals surface area contributed by atoms with Gasteiger partial charge in [-0.1, -0.05) is 13.8 Å². The minimum atomic E-state index is 0.0431. The summed E-state index contributed by atoms with van der Waals surface area (Å²) in [7, 11) is 1.65. The van der Waals surface area contributed by atoms with Crippen LogP contribution in [0, 0.1) is 5.92 Å². The molecule has 7 nitrogen and oxygen atoms in total. The largest absolute Gasteiger partial charge is 0.382 e. The molecule has 0 radical (unpaired) electrons. The van der Waals surface area contributed by atoms with Gasteiger partial charge in [0.1, 0.15) is 0 Å². The summed E-state index contributed by atoms with van der Waals surface area (Å²) in [5.41, 5.74) is 0. The molecule has 0 aromatic rings. The quantitative estimate of drug-likeness (QED) is 0.300. The summed E-state index contributed by atoms with van der Waals surface area (Å²) in [4.78, 5) is 0. The Kier molecular flexibility index (Phi) is 19.3. The van der Waals surface area contributed by atoms with Gasteiger partial charge in [0.05, 0.1) is 78.3 Å². The zero-order valence-electron chi connectivity index (χ0n) is 17.4. The fourth-order valence-electron chi connectivity index (χ4n) is 1.80. The molecule has 0 fully saturated rings. The number of hydrogen-bond donors (Lipinski definition) is 0. The smallest absolute Gasteiger partial charge is 0.0781 e. The van der Waals surface area contributed by atoms with Gasteiger partial charge in [0.15, 0.2) is 0 Å². The van der Waals surface area contributed by atoms with E-state index in [2.05, 4.69) is 13.8 Å². The first-order valence-corrected chi connectivity index (χ1v) is 9.59. The molecule has 0 aliphatic rings. The van der Waals surface area contributed by atoms with Gasteiger partial charge >= 0.3 is 0 Å². The Labute approximate surface area is 159 Å². The molecule has 0 aromatic heterocycles. The van der Waals surface area contributed by atoms with Gasteiger partial charge in [0.25, 0.3) is 0 Å². The van der Waals surface area contributed by atoms with Gasteiger partial charge in [-0.25, -0.2) is 0 Å². The second-order valence-electron chi connectivity index (χ2n) is 6.59. The predicted octanol–water partition coefficient (Wildman–Crippen LogP) is 2.17. The van der Waals surface area contributed by atoms with E-state index in [1.807, 2.05) is 13.8 Å². The highest BCUT2D eigenvalue weighted by Gasteiger charge is 2.08. The van der Waals surface area contributed by atoms with Crippen LogP contribution in [0.15, 0.2) is 0 Å². The highest BCUT2D eigenvalue weighted by molar-refractivity contribution is 4.53. The fraction of sp³-hybridized carbons (Fsp3) is 1.00. The predicted molar refractivity (Wildman–Crippen MR) is 101 cm³/mol. The molecule has 0 aliphatic heterocycles. The van der Waals surface area contributed by atoms with Crippen LogP contribution in [0.2, 0.25) is 0 Å². The molecule has 0 amide bonds. The number of hydrogen-bond acceptors (Lipinski definition) is 7. The molecule has 0 bridgehead atoms. The maximum atomic E-state index is 5.71. The summed E-state index contributed by atoms with van der Waals surface area (Å²) in [6.07, 6.45) is 0.148. The van der Waals surface area contributed by atoms with Crippen LogP contribution in [-0.4, -0.2) is 92.0 Å². The average molecular weight is 381 g/mol. The lowest BCUT2D eigenvalue weighted by Gasteiger charge is -2.18. The van der Waals surface area contributed by atoms with Crippen LogP contribution in [0.1, 0.15) is 27.7 Å². The van der Waals surface area contributed by atoms with E-state index in [1.165, 1.54) is 0 Å². The van der Waals surface area contributed by atoms with Crippen LogP contribution < -0.4 is 0 Å². The molecule has 26 heavy (non-hydrogen) atoms. The monoisotopic (exact) mass is 380 g/mol. The molecule has 2 unspecified atom stereocenters. The van der Waals surface area contributed by atoms with Crippen molar-refractivity contribution in [2.24, 2.45) is 5.92 Å². The second kappa shape index (κ2) is 19.5. The molecular weight excluding hydrogens is 340 g/mol. The van der Waals surface area contributed by atoms with Crippen molar-refractivity contribution in [3.63, 3.8) is 0 Å². The van der Waals surface area contributed by atoms with Crippen LogP contribution in [0.5, 0.6) is 0 Å². The molecule has 0 spiro atoms. The first kappa shape index (κ1) is 25.7. The highest BCUT2D eigenvalue weighted by Crippen LogP contribution is 2.01. The van der Waals surface area contributed by atoms with Crippen LogP contribution >= 0.6 is 0 Å². The second-order valence-corrected chi connectivity index (χ2v) is 6.59. The molecule has 0 aromatic carbocycles. The summed E-state index contributed by atoms with van der Waals surface area (Å²) >= 11 is 0. The Morgan fingerprint density at radius 1 is 0.500 bits per heavy atom. The summed E-state index contributed by atoms with van der Waals surface area (Å²) in [6.45, 7) is 14.7. The van der Waals surface area contributed by atoms with E-state index in [0.717, 1.165) is 6.61 Å². The SMILES string of the molecule is COCCOCCOCCOCCOCC(C)OCC(C)OCC(C)C. The lowest BCUT2D eigenvalue weighted by atomic mass is 10.2. The van der Waals surface area contributed by atoms with Crippen molar-refractivity contribution in [3.8, 4) is 0 Å². The van der Waals surface area contributed by atoms with Crippen molar-refractivity contribution < 1.29 is 33.2 Å². The topological polar surface area (TPSA) is 64.6 Å². The van der Waals surface area contributed by atoms with E-state index in [9.17, 15) is 0 Å². The van der Waals surface area contributed by atoms with E-state index in [4.69, 9.17) is 33.2 Å². The van der Waals surface area contributed by atoms with Gasteiger partial charge in [-0.15, -0.1) is 0 Å². The Bertz CT molecular complexity index is 277. The third kappa shape index (κ3) is 20.0. The zero-order valence-corrected chi connectivity index (χ0v) is 17.4. The number of rotatable bonds is 20. The van der Waals surface area contributed by atoms with Gasteiger partial charge in [-0.2, -0.15) is 0 Å².